The summed E-state index contributed by atoms with van der Waals surface area (Å²) in [4.78, 5) is 3.25. The molecule has 0 spiro atoms. The van der Waals surface area contributed by atoms with Crippen LogP contribution >= 0.6 is 0 Å². The number of aromatic amines is 1. The number of alkyl halides is 3. The summed E-state index contributed by atoms with van der Waals surface area (Å²) in [6.45, 7) is 1.68. The third-order valence-electron chi connectivity index (χ3n) is 1.30. The highest BCUT2D eigenvalue weighted by Crippen LogP contribution is 2.25. The van der Waals surface area contributed by atoms with Crippen LogP contribution in [0.3, 0.4) is 0 Å². The molecule has 74 valence electrons. The van der Waals surface area contributed by atoms with Crippen LogP contribution in [0.1, 0.15) is 18.6 Å². The van der Waals surface area contributed by atoms with Gasteiger partial charge in [-0.2, -0.15) is 13.2 Å². The van der Waals surface area contributed by atoms with Crippen LogP contribution < -0.4 is 5.73 Å². The van der Waals surface area contributed by atoms with E-state index >= 15 is 0 Å². The van der Waals surface area contributed by atoms with Crippen molar-refractivity contribution in [3.63, 3.8) is 0 Å². The van der Waals surface area contributed by atoms with Crippen LogP contribution in [0.4, 0.5) is 13.2 Å². The van der Waals surface area contributed by atoms with Gasteiger partial charge in [0, 0.05) is 12.5 Å². The molecule has 13 heavy (non-hydrogen) atoms. The van der Waals surface area contributed by atoms with Gasteiger partial charge in [-0.1, -0.05) is 0 Å². The zero-order valence-corrected chi connectivity index (χ0v) is 6.89. The molecule has 0 bridgehead atoms. The molecule has 1 unspecified atom stereocenters. The lowest BCUT2D eigenvalue weighted by atomic mass is 10.2. The van der Waals surface area contributed by atoms with Crippen LogP contribution in [0, 0.1) is 0 Å². The molecule has 0 saturated heterocycles. The van der Waals surface area contributed by atoms with E-state index in [1.165, 1.54) is 0 Å². The molecule has 7 heteroatoms. The molecule has 1 rings (SSSR count). The Hall–Kier alpha value is -1.11. The van der Waals surface area contributed by atoms with Gasteiger partial charge in [0.15, 0.2) is 0 Å². The van der Waals surface area contributed by atoms with Gasteiger partial charge in [0.1, 0.15) is 5.82 Å². The molecule has 4 nitrogen and oxygen atoms in total. The minimum Gasteiger partial charge on any atom is -0.328 e. The van der Waals surface area contributed by atoms with Gasteiger partial charge >= 0.3 is 6.18 Å². The van der Waals surface area contributed by atoms with E-state index in [1.54, 1.807) is 6.92 Å². The number of halogens is 3. The molecular formula is C6H9F3N4. The smallest absolute Gasteiger partial charge is 0.328 e. The average molecular weight is 194 g/mol. The van der Waals surface area contributed by atoms with Crippen molar-refractivity contribution in [1.82, 2.24) is 15.2 Å². The van der Waals surface area contributed by atoms with Crippen molar-refractivity contribution >= 4 is 0 Å². The molecule has 0 amide bonds. The molecule has 0 aliphatic heterocycles. The van der Waals surface area contributed by atoms with Crippen molar-refractivity contribution in [2.24, 2.45) is 5.73 Å². The van der Waals surface area contributed by atoms with Gasteiger partial charge in [0.2, 0.25) is 0 Å². The molecule has 0 radical (unpaired) electrons. The highest BCUT2D eigenvalue weighted by molar-refractivity contribution is 4.95. The maximum absolute atomic E-state index is 12.0. The van der Waals surface area contributed by atoms with E-state index in [4.69, 9.17) is 5.73 Å². The van der Waals surface area contributed by atoms with Crippen molar-refractivity contribution in [2.75, 3.05) is 0 Å². The van der Waals surface area contributed by atoms with Gasteiger partial charge in [0.25, 0.3) is 5.82 Å². The molecule has 0 fully saturated rings. The Bertz CT molecular complexity index is 278. The first-order valence-electron chi connectivity index (χ1n) is 3.63. The van der Waals surface area contributed by atoms with Crippen molar-refractivity contribution in [2.45, 2.75) is 25.6 Å². The normalized spacial score (nSPS) is 14.5. The monoisotopic (exact) mass is 194 g/mol. The van der Waals surface area contributed by atoms with Gasteiger partial charge in [-0.15, -0.1) is 5.10 Å². The third kappa shape index (κ3) is 2.69. The minimum absolute atomic E-state index is 0.155. The lowest BCUT2D eigenvalue weighted by molar-refractivity contribution is -0.144. The van der Waals surface area contributed by atoms with Crippen LogP contribution in [-0.4, -0.2) is 21.2 Å². The Morgan fingerprint density at radius 1 is 1.54 bits per heavy atom. The topological polar surface area (TPSA) is 67.6 Å². The summed E-state index contributed by atoms with van der Waals surface area (Å²) < 4.78 is 35.9. The number of nitrogens with one attached hydrogen (secondary N) is 1. The van der Waals surface area contributed by atoms with Crippen molar-refractivity contribution in [3.05, 3.63) is 11.6 Å². The molecule has 0 aromatic carbocycles. The zero-order chi connectivity index (χ0) is 10.1. The summed E-state index contributed by atoms with van der Waals surface area (Å²) in [6.07, 6.45) is -4.24. The molecular weight excluding hydrogens is 185 g/mol. The number of hydrogen-bond donors (Lipinski definition) is 2. The number of nitrogens with two attached hydrogens (primary N) is 1. The standard InChI is InChI=1S/C6H9F3N4/c1-3(10)2-4-11-5(13-12-4)6(7,8)9/h3H,2,10H2,1H3,(H,11,12,13). The van der Waals surface area contributed by atoms with Gasteiger partial charge in [-0.3, -0.25) is 5.10 Å². The Balaban J connectivity index is 2.75. The number of nitrogens with zero attached hydrogens (tertiary/aromatic N) is 2. The van der Waals surface area contributed by atoms with Crippen LogP contribution in [-0.2, 0) is 12.6 Å². The lowest BCUT2D eigenvalue weighted by Gasteiger charge is -1.99. The Labute approximate surface area is 72.3 Å². The highest BCUT2D eigenvalue weighted by atomic mass is 19.4. The van der Waals surface area contributed by atoms with Crippen LogP contribution in [0.25, 0.3) is 0 Å². The number of H-pyrrole nitrogens is 1. The fourth-order valence-corrected chi connectivity index (χ4v) is 0.818. The molecule has 3 N–H and O–H groups in total. The first-order valence-corrected chi connectivity index (χ1v) is 3.63. The van der Waals surface area contributed by atoms with E-state index in [1.807, 2.05) is 0 Å². The third-order valence-corrected chi connectivity index (χ3v) is 1.30. The van der Waals surface area contributed by atoms with Crippen molar-refractivity contribution in [3.8, 4) is 0 Å². The van der Waals surface area contributed by atoms with Gasteiger partial charge in [-0.05, 0) is 6.92 Å². The quantitative estimate of drug-likeness (QED) is 0.728. The molecule has 0 aliphatic carbocycles. The molecule has 1 aromatic rings. The van der Waals surface area contributed by atoms with E-state index in [9.17, 15) is 13.2 Å². The summed E-state index contributed by atoms with van der Waals surface area (Å²) >= 11 is 0. The lowest BCUT2D eigenvalue weighted by Crippen LogP contribution is -2.18. The maximum Gasteiger partial charge on any atom is 0.453 e. The largest absolute Gasteiger partial charge is 0.453 e. The fraction of sp³-hybridized carbons (Fsp3) is 0.667. The van der Waals surface area contributed by atoms with Gasteiger partial charge < -0.3 is 5.73 Å². The number of hydrogen-bond acceptors (Lipinski definition) is 3. The summed E-state index contributed by atoms with van der Waals surface area (Å²) in [5, 5.41) is 5.21. The summed E-state index contributed by atoms with van der Waals surface area (Å²) in [6, 6.07) is -0.242. The van der Waals surface area contributed by atoms with Gasteiger partial charge in [-0.25, -0.2) is 4.98 Å². The molecule has 1 heterocycles. The predicted molar refractivity (Wildman–Crippen MR) is 38.7 cm³/mol. The Morgan fingerprint density at radius 2 is 2.15 bits per heavy atom. The maximum atomic E-state index is 12.0. The zero-order valence-electron chi connectivity index (χ0n) is 6.89. The highest BCUT2D eigenvalue weighted by Gasteiger charge is 2.35. The number of aromatic nitrogens is 3. The van der Waals surface area contributed by atoms with E-state index in [0.717, 1.165) is 0 Å². The summed E-state index contributed by atoms with van der Waals surface area (Å²) in [5.41, 5.74) is 5.37. The summed E-state index contributed by atoms with van der Waals surface area (Å²) in [7, 11) is 0. The van der Waals surface area contributed by atoms with Gasteiger partial charge in [0.05, 0.1) is 0 Å². The Morgan fingerprint density at radius 3 is 2.54 bits per heavy atom. The predicted octanol–water partition coefficient (Wildman–Crippen LogP) is 0.713. The van der Waals surface area contributed by atoms with E-state index < -0.39 is 12.0 Å². The number of rotatable bonds is 2. The first-order chi connectivity index (χ1) is 5.89. The Kier molecular flexibility index (Phi) is 2.55. The molecule has 0 aliphatic rings. The SMILES string of the molecule is CC(N)Cc1nc(C(F)(F)F)n[nH]1. The second-order valence-electron chi connectivity index (χ2n) is 2.78. The van der Waals surface area contributed by atoms with Crippen LogP contribution in [0.5, 0.6) is 0 Å². The molecule has 1 aromatic heterocycles. The van der Waals surface area contributed by atoms with E-state index in [2.05, 4.69) is 15.2 Å². The molecule has 1 atom stereocenters. The van der Waals surface area contributed by atoms with Crippen molar-refractivity contribution in [1.29, 1.82) is 0 Å². The average Bonchev–Trinajstić information content (AvgIpc) is 2.32. The van der Waals surface area contributed by atoms with Crippen molar-refractivity contribution < 1.29 is 13.2 Å². The second-order valence-corrected chi connectivity index (χ2v) is 2.78. The minimum atomic E-state index is -4.49. The van der Waals surface area contributed by atoms with E-state index in [0.29, 0.717) is 0 Å². The second kappa shape index (κ2) is 3.33. The first kappa shape index (κ1) is 9.97. The van der Waals surface area contributed by atoms with Crippen LogP contribution in [0.2, 0.25) is 0 Å². The summed E-state index contributed by atoms with van der Waals surface area (Å²) in [5.74, 6) is -0.995. The van der Waals surface area contributed by atoms with E-state index in [-0.39, 0.29) is 18.3 Å². The molecule has 0 saturated carbocycles. The van der Waals surface area contributed by atoms with Crippen LogP contribution in [0.15, 0.2) is 0 Å². The fourth-order valence-electron chi connectivity index (χ4n) is 0.818.